The van der Waals surface area contributed by atoms with Gasteiger partial charge >= 0.3 is 0 Å². The van der Waals surface area contributed by atoms with Gasteiger partial charge in [-0.05, 0) is 6.07 Å². The van der Waals surface area contributed by atoms with E-state index in [4.69, 9.17) is 40.1 Å². The van der Waals surface area contributed by atoms with E-state index in [0.29, 0.717) is 12.1 Å². The average molecular weight is 350 g/mol. The highest BCUT2D eigenvalue weighted by Gasteiger charge is 2.34. The third-order valence-corrected chi connectivity index (χ3v) is 4.04. The van der Waals surface area contributed by atoms with Crippen molar-refractivity contribution in [2.24, 2.45) is 7.05 Å². The van der Waals surface area contributed by atoms with E-state index < -0.39 is 9.58 Å². The molecule has 0 bridgehead atoms. The van der Waals surface area contributed by atoms with Crippen LogP contribution in [-0.4, -0.2) is 14.1 Å². The van der Waals surface area contributed by atoms with Crippen molar-refractivity contribution in [3.8, 4) is 17.3 Å². The Hall–Kier alpha value is -1.06. The number of Topliss-reactive ketones (excluding diaryl/α,β-unsaturated/α-hetero) is 1. The van der Waals surface area contributed by atoms with Crippen molar-refractivity contribution < 1.29 is 9.78 Å². The second kappa shape index (κ2) is 5.74. The Balaban J connectivity index is 2.36. The van der Waals surface area contributed by atoms with Crippen LogP contribution in [0.4, 0.5) is 0 Å². The number of nitrogens with zero attached hydrogens (tertiary/aromatic N) is 2. The molecule has 0 fully saturated rings. The van der Waals surface area contributed by atoms with E-state index >= 15 is 0 Å². The molecule has 0 aliphatic heterocycles. The molecule has 4 nitrogen and oxygen atoms in total. The fraction of sp³-hybridized carbons (Fsp3) is 0.250. The summed E-state index contributed by atoms with van der Waals surface area (Å²) in [6.45, 7) is 0. The zero-order valence-corrected chi connectivity index (χ0v) is 13.4. The number of aromatic nitrogens is 2. The van der Waals surface area contributed by atoms with Crippen LogP contribution in [0.25, 0.3) is 11.3 Å². The minimum atomic E-state index is -1.98. The molecule has 0 saturated carbocycles. The van der Waals surface area contributed by atoms with Crippen LogP contribution in [0.15, 0.2) is 17.6 Å². The lowest BCUT2D eigenvalue weighted by Crippen LogP contribution is -2.21. The molecule has 0 aliphatic rings. The topological polar surface area (TPSA) is 59.9 Å². The van der Waals surface area contributed by atoms with Gasteiger partial charge in [0.1, 0.15) is 6.42 Å². The zero-order valence-electron chi connectivity index (χ0n) is 10.3. The fourth-order valence-corrected chi connectivity index (χ4v) is 2.78. The van der Waals surface area contributed by atoms with Crippen molar-refractivity contribution in [2.45, 2.75) is 10.2 Å². The number of hydrogen-bond acceptors (Lipinski definition) is 3. The first-order valence-electron chi connectivity index (χ1n) is 5.48. The first-order valence-corrected chi connectivity index (χ1v) is 7.49. The van der Waals surface area contributed by atoms with Crippen molar-refractivity contribution in [3.63, 3.8) is 0 Å². The molecule has 0 aromatic carbocycles. The molecule has 0 unspecified atom stereocenters. The van der Waals surface area contributed by atoms with Crippen molar-refractivity contribution in [1.29, 1.82) is 5.26 Å². The van der Waals surface area contributed by atoms with Gasteiger partial charge in [-0.3, -0.25) is 4.79 Å². The van der Waals surface area contributed by atoms with Gasteiger partial charge in [0.25, 0.3) is 3.79 Å². The monoisotopic (exact) mass is 348 g/mol. The third kappa shape index (κ3) is 3.15. The number of thiazole rings is 1. The summed E-state index contributed by atoms with van der Waals surface area (Å²) in [5.41, 5.74) is 1.92. The minimum absolute atomic E-state index is 0.307. The lowest BCUT2D eigenvalue weighted by Gasteiger charge is -2.09. The van der Waals surface area contributed by atoms with E-state index in [0.717, 1.165) is 16.3 Å². The lowest BCUT2D eigenvalue weighted by atomic mass is 10.2. The van der Waals surface area contributed by atoms with Gasteiger partial charge < -0.3 is 4.57 Å². The second-order valence-corrected chi connectivity index (χ2v) is 7.33. The molecule has 2 rings (SSSR count). The van der Waals surface area contributed by atoms with Crippen LogP contribution in [0.3, 0.4) is 0 Å². The van der Waals surface area contributed by atoms with Gasteiger partial charge in [-0.25, -0.2) is 0 Å². The van der Waals surface area contributed by atoms with Crippen LogP contribution in [0.5, 0.6) is 0 Å². The Labute approximate surface area is 134 Å². The Bertz CT molecular complexity index is 694. The number of carbonyl (C=O) groups excluding carboxylic acids is 1. The lowest BCUT2D eigenvalue weighted by molar-refractivity contribution is -0.368. The molecular formula is C12H9Cl3N3OS+. The highest BCUT2D eigenvalue weighted by Crippen LogP contribution is 2.32. The molecular weight excluding hydrogens is 341 g/mol. The molecule has 0 spiro atoms. The molecule has 2 heterocycles. The van der Waals surface area contributed by atoms with E-state index in [1.165, 1.54) is 11.3 Å². The number of aromatic amines is 1. The van der Waals surface area contributed by atoms with Crippen molar-refractivity contribution >= 4 is 51.9 Å². The first-order chi connectivity index (χ1) is 9.32. The first kappa shape index (κ1) is 15.3. The largest absolute Gasteiger partial charge is 0.347 e. The summed E-state index contributed by atoms with van der Waals surface area (Å²) in [5.74, 6) is -0.580. The number of carbonyl (C=O) groups is 1. The van der Waals surface area contributed by atoms with Crippen LogP contribution in [0.1, 0.15) is 15.5 Å². The fourth-order valence-electron chi connectivity index (χ4n) is 1.72. The number of nitriles is 1. The van der Waals surface area contributed by atoms with Crippen LogP contribution in [0.2, 0.25) is 0 Å². The Morgan fingerprint density at radius 3 is 2.85 bits per heavy atom. The summed E-state index contributed by atoms with van der Waals surface area (Å²) in [5, 5.41) is 11.4. The van der Waals surface area contributed by atoms with E-state index in [1.807, 2.05) is 5.38 Å². The standard InChI is InChI=1S/C12H8Cl3N3OS/c1-18-5-7(4-9(18)11(19)12(13,14)15)8-6-20-10(17-8)2-3-16/h4-6H,2H2,1H3/p+1. The molecule has 0 atom stereocenters. The molecule has 0 aliphatic carbocycles. The number of aryl methyl sites for hydroxylation is 1. The van der Waals surface area contributed by atoms with Gasteiger partial charge in [0.2, 0.25) is 16.5 Å². The molecule has 2 aromatic rings. The quantitative estimate of drug-likeness (QED) is 0.631. The van der Waals surface area contributed by atoms with E-state index in [9.17, 15) is 4.79 Å². The van der Waals surface area contributed by atoms with Gasteiger partial charge in [0.05, 0.1) is 22.7 Å². The smallest absolute Gasteiger partial charge is 0.255 e. The van der Waals surface area contributed by atoms with Gasteiger partial charge in [-0.2, -0.15) is 10.2 Å². The molecule has 8 heteroatoms. The zero-order chi connectivity index (χ0) is 14.9. The second-order valence-electron chi connectivity index (χ2n) is 4.08. The van der Waals surface area contributed by atoms with Crippen LogP contribution >= 0.6 is 46.1 Å². The van der Waals surface area contributed by atoms with Crippen molar-refractivity contribution in [1.82, 2.24) is 4.57 Å². The van der Waals surface area contributed by atoms with E-state index in [2.05, 4.69) is 11.1 Å². The van der Waals surface area contributed by atoms with E-state index in [-0.39, 0.29) is 0 Å². The van der Waals surface area contributed by atoms with Crippen molar-refractivity contribution in [2.75, 3.05) is 0 Å². The molecule has 2 aromatic heterocycles. The number of hydrogen-bond donors (Lipinski definition) is 0. The van der Waals surface area contributed by atoms with Gasteiger partial charge in [-0.15, -0.1) is 0 Å². The maximum absolute atomic E-state index is 12.0. The highest BCUT2D eigenvalue weighted by molar-refractivity contribution is 7.09. The van der Waals surface area contributed by atoms with Gasteiger partial charge in [0, 0.05) is 13.2 Å². The Morgan fingerprint density at radius 1 is 1.55 bits per heavy atom. The van der Waals surface area contributed by atoms with Crippen LogP contribution in [0, 0.1) is 11.3 Å². The number of alkyl halides is 3. The molecule has 0 radical (unpaired) electrons. The number of H-pyrrole nitrogens is 1. The number of rotatable bonds is 3. The molecule has 1 N–H and O–H groups in total. The molecule has 0 amide bonds. The molecule has 0 saturated heterocycles. The van der Waals surface area contributed by atoms with E-state index in [1.54, 1.807) is 23.9 Å². The molecule has 20 heavy (non-hydrogen) atoms. The number of halogens is 3. The predicted octanol–water partition coefficient (Wildman–Crippen LogP) is 3.19. The van der Waals surface area contributed by atoms with Crippen LogP contribution < -0.4 is 4.98 Å². The summed E-state index contributed by atoms with van der Waals surface area (Å²) >= 11 is 18.3. The van der Waals surface area contributed by atoms with Crippen molar-refractivity contribution in [3.05, 3.63) is 28.3 Å². The number of ketones is 1. The molecule has 104 valence electrons. The summed E-state index contributed by atoms with van der Waals surface area (Å²) < 4.78 is -0.372. The SMILES string of the molecule is Cn1cc(-c2csc(CC#N)[nH+]2)cc1C(=O)C(Cl)(Cl)Cl. The maximum atomic E-state index is 12.0. The third-order valence-electron chi connectivity index (χ3n) is 2.64. The Kier molecular flexibility index (Phi) is 4.40. The van der Waals surface area contributed by atoms with Gasteiger partial charge in [0.15, 0.2) is 0 Å². The summed E-state index contributed by atoms with van der Waals surface area (Å²) in [6, 6.07) is 3.72. The maximum Gasteiger partial charge on any atom is 0.255 e. The summed E-state index contributed by atoms with van der Waals surface area (Å²) in [4.78, 5) is 15.1. The summed E-state index contributed by atoms with van der Waals surface area (Å²) in [7, 11) is 1.70. The van der Waals surface area contributed by atoms with Gasteiger partial charge in [-0.1, -0.05) is 46.1 Å². The summed E-state index contributed by atoms with van der Waals surface area (Å²) in [6.07, 6.45) is 2.08. The normalized spacial score (nSPS) is 11.3. The minimum Gasteiger partial charge on any atom is -0.347 e. The average Bonchev–Trinajstić information content (AvgIpc) is 2.94. The predicted molar refractivity (Wildman–Crippen MR) is 79.2 cm³/mol. The Morgan fingerprint density at radius 2 is 2.25 bits per heavy atom. The van der Waals surface area contributed by atoms with Crippen LogP contribution in [-0.2, 0) is 13.5 Å². The highest BCUT2D eigenvalue weighted by atomic mass is 35.6. The number of nitrogens with one attached hydrogen (secondary N) is 1.